The Bertz CT molecular complexity index is 1070. The van der Waals surface area contributed by atoms with Crippen LogP contribution in [0.25, 0.3) is 10.9 Å². The van der Waals surface area contributed by atoms with Crippen molar-refractivity contribution in [1.82, 2.24) is 15.0 Å². The molecule has 0 radical (unpaired) electrons. The lowest BCUT2D eigenvalue weighted by atomic mass is 10.1. The summed E-state index contributed by atoms with van der Waals surface area (Å²) in [6.45, 7) is 1.21. The first-order valence-electron chi connectivity index (χ1n) is 9.13. The van der Waals surface area contributed by atoms with E-state index in [2.05, 4.69) is 26.3 Å². The third kappa shape index (κ3) is 4.17. The van der Waals surface area contributed by atoms with Gasteiger partial charge in [0.05, 0.1) is 5.52 Å². The number of nitrogens with two attached hydrogens (primary N) is 1. The predicted molar refractivity (Wildman–Crippen MR) is 111 cm³/mol. The van der Waals surface area contributed by atoms with E-state index in [-0.39, 0.29) is 0 Å². The summed E-state index contributed by atoms with van der Waals surface area (Å²) in [6, 6.07) is 17.6. The summed E-state index contributed by atoms with van der Waals surface area (Å²) in [5.41, 5.74) is 9.65. The van der Waals surface area contributed by atoms with Gasteiger partial charge in [-0.05, 0) is 42.3 Å². The zero-order chi connectivity index (χ0) is 19.2. The molecule has 2 aromatic carbocycles. The molecule has 3 N–H and O–H groups in total. The molecule has 140 valence electrons. The largest absolute Gasteiger partial charge is 0.489 e. The van der Waals surface area contributed by atoms with Crippen molar-refractivity contribution in [2.24, 2.45) is 0 Å². The van der Waals surface area contributed by atoms with Gasteiger partial charge in [-0.3, -0.25) is 4.98 Å². The molecule has 4 rings (SSSR count). The maximum atomic E-state index is 6.00. The van der Waals surface area contributed by atoms with Crippen LogP contribution >= 0.6 is 0 Å². The quantitative estimate of drug-likeness (QED) is 0.480. The fraction of sp³-hybridized carbons (Fsp3) is 0.136. The van der Waals surface area contributed by atoms with Crippen LogP contribution in [0, 0.1) is 0 Å². The van der Waals surface area contributed by atoms with E-state index in [1.54, 1.807) is 12.5 Å². The van der Waals surface area contributed by atoms with Crippen molar-refractivity contribution < 1.29 is 4.74 Å². The normalized spacial score (nSPS) is 10.7. The van der Waals surface area contributed by atoms with Gasteiger partial charge in [-0.2, -0.15) is 0 Å². The maximum absolute atomic E-state index is 6.00. The Balaban J connectivity index is 1.42. The van der Waals surface area contributed by atoms with E-state index >= 15 is 0 Å². The first-order chi connectivity index (χ1) is 13.8. The van der Waals surface area contributed by atoms with E-state index in [4.69, 9.17) is 10.5 Å². The highest BCUT2D eigenvalue weighted by Crippen LogP contribution is 2.23. The van der Waals surface area contributed by atoms with Gasteiger partial charge in [-0.1, -0.05) is 24.3 Å². The second kappa shape index (κ2) is 8.35. The number of ether oxygens (including phenoxy) is 1. The molecule has 0 bridgehead atoms. The summed E-state index contributed by atoms with van der Waals surface area (Å²) in [7, 11) is 0. The van der Waals surface area contributed by atoms with Crippen molar-refractivity contribution in [2.45, 2.75) is 13.0 Å². The van der Waals surface area contributed by atoms with Crippen molar-refractivity contribution in [3.05, 3.63) is 84.4 Å². The van der Waals surface area contributed by atoms with E-state index in [9.17, 15) is 0 Å². The summed E-state index contributed by atoms with van der Waals surface area (Å²) >= 11 is 0. The Morgan fingerprint density at radius 3 is 2.82 bits per heavy atom. The van der Waals surface area contributed by atoms with Gasteiger partial charge in [0.1, 0.15) is 24.5 Å². The summed E-state index contributed by atoms with van der Waals surface area (Å²) in [6.07, 6.45) is 5.94. The highest BCUT2D eigenvalue weighted by molar-refractivity contribution is 5.91. The van der Waals surface area contributed by atoms with Gasteiger partial charge in [0, 0.05) is 35.6 Å². The number of benzene rings is 2. The summed E-state index contributed by atoms with van der Waals surface area (Å²) in [4.78, 5) is 12.8. The molecule has 0 saturated carbocycles. The second-order valence-corrected chi connectivity index (χ2v) is 6.43. The summed E-state index contributed by atoms with van der Waals surface area (Å²) < 4.78 is 6.00. The van der Waals surface area contributed by atoms with Crippen LogP contribution in [0.3, 0.4) is 0 Å². The molecule has 0 aliphatic rings. The molecule has 2 heterocycles. The Morgan fingerprint density at radius 2 is 1.93 bits per heavy atom. The third-order valence-corrected chi connectivity index (χ3v) is 4.44. The lowest BCUT2D eigenvalue weighted by Crippen LogP contribution is -2.08. The van der Waals surface area contributed by atoms with Crippen LogP contribution in [-0.4, -0.2) is 21.5 Å². The second-order valence-electron chi connectivity index (χ2n) is 6.43. The number of anilines is 2. The zero-order valence-corrected chi connectivity index (χ0v) is 15.4. The molecule has 0 unspecified atom stereocenters. The van der Waals surface area contributed by atoms with E-state index in [1.807, 2.05) is 54.7 Å². The third-order valence-electron chi connectivity index (χ3n) is 4.44. The molecular weight excluding hydrogens is 350 g/mol. The smallest absolute Gasteiger partial charge is 0.137 e. The van der Waals surface area contributed by atoms with Crippen LogP contribution in [-0.2, 0) is 13.0 Å². The van der Waals surface area contributed by atoms with Crippen LogP contribution in [0.4, 0.5) is 11.5 Å². The van der Waals surface area contributed by atoms with Gasteiger partial charge in [0.2, 0.25) is 0 Å². The standard InChI is InChI=1S/C22H21N5O/c23-18-7-8-20-19(12-18)22(27-15-26-20)25-11-9-17-5-1-2-6-21(17)28-14-16-4-3-10-24-13-16/h1-8,10,12-13,15H,9,11,14,23H2,(H,25,26,27). The molecule has 4 aromatic rings. The molecule has 6 nitrogen and oxygen atoms in total. The van der Waals surface area contributed by atoms with Gasteiger partial charge in [-0.15, -0.1) is 0 Å². The van der Waals surface area contributed by atoms with Gasteiger partial charge < -0.3 is 15.8 Å². The van der Waals surface area contributed by atoms with Gasteiger partial charge in [0.15, 0.2) is 0 Å². The number of nitrogens with zero attached hydrogens (tertiary/aromatic N) is 3. The van der Waals surface area contributed by atoms with E-state index in [1.165, 1.54) is 0 Å². The minimum absolute atomic E-state index is 0.494. The number of hydrogen-bond donors (Lipinski definition) is 2. The molecule has 6 heteroatoms. The average molecular weight is 371 g/mol. The number of rotatable bonds is 7. The molecule has 0 aliphatic heterocycles. The predicted octanol–water partition coefficient (Wildman–Crippen LogP) is 3.84. The van der Waals surface area contributed by atoms with E-state index in [0.29, 0.717) is 18.8 Å². The Morgan fingerprint density at radius 1 is 1.00 bits per heavy atom. The first kappa shape index (κ1) is 17.7. The van der Waals surface area contributed by atoms with Crippen LogP contribution in [0.2, 0.25) is 0 Å². The van der Waals surface area contributed by atoms with Crippen molar-refractivity contribution in [3.8, 4) is 5.75 Å². The Kier molecular flexibility index (Phi) is 5.29. The van der Waals surface area contributed by atoms with Gasteiger partial charge >= 0.3 is 0 Å². The maximum Gasteiger partial charge on any atom is 0.137 e. The molecule has 28 heavy (non-hydrogen) atoms. The number of fused-ring (bicyclic) bond motifs is 1. The number of hydrogen-bond acceptors (Lipinski definition) is 6. The lowest BCUT2D eigenvalue weighted by molar-refractivity contribution is 0.302. The van der Waals surface area contributed by atoms with Crippen LogP contribution in [0.5, 0.6) is 5.75 Å². The lowest BCUT2D eigenvalue weighted by Gasteiger charge is -2.13. The highest BCUT2D eigenvalue weighted by Gasteiger charge is 2.06. The minimum Gasteiger partial charge on any atom is -0.489 e. The Labute approximate surface area is 163 Å². The van der Waals surface area contributed by atoms with Gasteiger partial charge in [0.25, 0.3) is 0 Å². The zero-order valence-electron chi connectivity index (χ0n) is 15.4. The Hall–Kier alpha value is -3.67. The fourth-order valence-electron chi connectivity index (χ4n) is 3.03. The molecule has 0 fully saturated rings. The average Bonchev–Trinajstić information content (AvgIpc) is 2.74. The molecule has 2 aromatic heterocycles. The molecule has 0 aliphatic carbocycles. The number of nitrogens with one attached hydrogen (secondary N) is 1. The van der Waals surface area contributed by atoms with Crippen molar-refractivity contribution in [1.29, 1.82) is 0 Å². The fourth-order valence-corrected chi connectivity index (χ4v) is 3.03. The summed E-state index contributed by atoms with van der Waals surface area (Å²) in [5.74, 6) is 1.66. The topological polar surface area (TPSA) is 86.0 Å². The summed E-state index contributed by atoms with van der Waals surface area (Å²) in [5, 5.41) is 4.31. The van der Waals surface area contributed by atoms with Crippen LogP contribution in [0.15, 0.2) is 73.3 Å². The van der Waals surface area contributed by atoms with Crippen molar-refractivity contribution in [3.63, 3.8) is 0 Å². The van der Waals surface area contributed by atoms with Crippen LogP contribution in [0.1, 0.15) is 11.1 Å². The van der Waals surface area contributed by atoms with Crippen LogP contribution < -0.4 is 15.8 Å². The SMILES string of the molecule is Nc1ccc2ncnc(NCCc3ccccc3OCc3cccnc3)c2c1. The molecule has 0 spiro atoms. The minimum atomic E-state index is 0.494. The highest BCUT2D eigenvalue weighted by atomic mass is 16.5. The van der Waals surface area contributed by atoms with Gasteiger partial charge in [-0.25, -0.2) is 9.97 Å². The first-order valence-corrected chi connectivity index (χ1v) is 9.13. The molecular formula is C22H21N5O. The van der Waals surface area contributed by atoms with Crippen molar-refractivity contribution in [2.75, 3.05) is 17.6 Å². The molecule has 0 saturated heterocycles. The van der Waals surface area contributed by atoms with E-state index < -0.39 is 0 Å². The number of para-hydroxylation sites is 1. The van der Waals surface area contributed by atoms with Crippen molar-refractivity contribution >= 4 is 22.4 Å². The number of nitrogen functional groups attached to an aromatic ring is 1. The van der Waals surface area contributed by atoms with E-state index in [0.717, 1.165) is 40.0 Å². The molecule has 0 atom stereocenters. The number of pyridine rings is 1. The molecule has 0 amide bonds. The number of aromatic nitrogens is 3. The monoisotopic (exact) mass is 371 g/mol.